The molecule has 87 valence electrons. The summed E-state index contributed by atoms with van der Waals surface area (Å²) in [5.74, 6) is 4.28. The van der Waals surface area contributed by atoms with Crippen LogP contribution < -0.4 is 0 Å². The minimum absolute atomic E-state index is 0.0108. The lowest BCUT2D eigenvalue weighted by Gasteiger charge is -2.41. The molecule has 0 heterocycles. The summed E-state index contributed by atoms with van der Waals surface area (Å²) >= 11 is 0. The Morgan fingerprint density at radius 3 is 2.47 bits per heavy atom. The molecule has 1 nitrogen and oxygen atoms in total. The number of aliphatic hydroxyl groups excluding tert-OH is 1. The fourth-order valence-electron chi connectivity index (χ4n) is 3.73. The average Bonchev–Trinajstić information content (AvgIpc) is 2.16. The molecule has 0 spiro atoms. The van der Waals surface area contributed by atoms with Gasteiger partial charge in [0.15, 0.2) is 0 Å². The molecule has 0 amide bonds. The van der Waals surface area contributed by atoms with Crippen LogP contribution in [0.4, 0.5) is 0 Å². The number of rotatable bonds is 2. The first-order valence-corrected chi connectivity index (χ1v) is 6.62. The van der Waals surface area contributed by atoms with E-state index in [1.165, 1.54) is 32.1 Å². The van der Waals surface area contributed by atoms with E-state index in [1.807, 2.05) is 0 Å². The van der Waals surface area contributed by atoms with Crippen molar-refractivity contribution in [2.45, 2.75) is 64.9 Å². The monoisotopic (exact) mass is 209 g/mol. The van der Waals surface area contributed by atoms with Gasteiger partial charge in [0.05, 0.1) is 6.10 Å². The number of hydrogen-bond acceptors (Lipinski definition) is 1. The van der Waals surface area contributed by atoms with Gasteiger partial charge in [-0.1, -0.05) is 20.3 Å². The van der Waals surface area contributed by atoms with E-state index in [4.69, 9.17) is 0 Å². The number of aliphatic hydroxyl groups is 1. The molecule has 2 saturated carbocycles. The first kappa shape index (κ1) is 11.4. The van der Waals surface area contributed by atoms with Gasteiger partial charge in [-0.25, -0.2) is 0 Å². The van der Waals surface area contributed by atoms with Crippen molar-refractivity contribution in [3.05, 3.63) is 5.92 Å². The molecule has 0 aliphatic heterocycles. The van der Waals surface area contributed by atoms with Crippen LogP contribution in [0, 0.1) is 23.7 Å². The van der Waals surface area contributed by atoms with Gasteiger partial charge in [-0.15, -0.1) is 0 Å². The molecule has 4 atom stereocenters. The summed E-state index contributed by atoms with van der Waals surface area (Å²) in [6.07, 6.45) is 9.00. The lowest BCUT2D eigenvalue weighted by molar-refractivity contribution is 0.0341. The lowest BCUT2D eigenvalue weighted by atomic mass is 9.65. The number of hydrogen-bond donors (Lipinski definition) is 1. The van der Waals surface area contributed by atoms with Crippen molar-refractivity contribution < 1.29 is 5.11 Å². The summed E-state index contributed by atoms with van der Waals surface area (Å²) in [6.45, 7) is 4.50. The van der Waals surface area contributed by atoms with E-state index in [0.717, 1.165) is 30.6 Å². The van der Waals surface area contributed by atoms with Gasteiger partial charge in [0.25, 0.3) is 0 Å². The summed E-state index contributed by atoms with van der Waals surface area (Å²) in [7, 11) is 0. The second-order valence-electron chi connectivity index (χ2n) is 6.08. The van der Waals surface area contributed by atoms with Crippen molar-refractivity contribution in [3.8, 4) is 0 Å². The normalized spacial score (nSPS) is 41.6. The zero-order valence-electron chi connectivity index (χ0n) is 10.2. The smallest absolute Gasteiger partial charge is 0.0543 e. The highest BCUT2D eigenvalue weighted by Gasteiger charge is 2.34. The molecule has 1 N–H and O–H groups in total. The van der Waals surface area contributed by atoms with E-state index >= 15 is 0 Å². The third-order valence-corrected chi connectivity index (χ3v) is 4.39. The molecule has 0 aromatic heterocycles. The molecule has 1 heteroatoms. The zero-order valence-corrected chi connectivity index (χ0v) is 10.2. The Morgan fingerprint density at radius 2 is 1.73 bits per heavy atom. The van der Waals surface area contributed by atoms with Crippen LogP contribution in [0.5, 0.6) is 0 Å². The Labute approximate surface area is 94.3 Å². The molecule has 0 aromatic carbocycles. The highest BCUT2D eigenvalue weighted by molar-refractivity contribution is 4.89. The van der Waals surface area contributed by atoms with Crippen LogP contribution in [0.1, 0.15) is 58.8 Å². The highest BCUT2D eigenvalue weighted by atomic mass is 16.3. The summed E-state index contributed by atoms with van der Waals surface area (Å²) in [6, 6.07) is 0. The molecule has 4 unspecified atom stereocenters. The molecule has 0 bridgehead atoms. The van der Waals surface area contributed by atoms with E-state index in [1.54, 1.807) is 5.92 Å². The Balaban J connectivity index is 1.86. The maximum absolute atomic E-state index is 9.71. The Hall–Kier alpha value is -0.0400. The van der Waals surface area contributed by atoms with Crippen molar-refractivity contribution in [1.82, 2.24) is 0 Å². The molecular formula is C14H25O. The average molecular weight is 209 g/mol. The van der Waals surface area contributed by atoms with Crippen LogP contribution in [0.2, 0.25) is 0 Å². The fourth-order valence-corrected chi connectivity index (χ4v) is 3.73. The summed E-state index contributed by atoms with van der Waals surface area (Å²) in [5.41, 5.74) is 0. The van der Waals surface area contributed by atoms with Crippen LogP contribution in [0.15, 0.2) is 0 Å². The minimum atomic E-state index is 0.0108. The van der Waals surface area contributed by atoms with E-state index in [2.05, 4.69) is 13.8 Å². The highest BCUT2D eigenvalue weighted by Crippen LogP contribution is 2.44. The first-order chi connectivity index (χ1) is 7.15. The quantitative estimate of drug-likeness (QED) is 0.737. The van der Waals surface area contributed by atoms with Crippen LogP contribution in [0.3, 0.4) is 0 Å². The van der Waals surface area contributed by atoms with E-state index in [0.29, 0.717) is 0 Å². The molecule has 2 fully saturated rings. The standard InChI is InChI=1S/C14H25O/c1-10(2)7-11-3-4-12-5-6-14(15)9-13(12)8-11/h11-15H,3-9H2,1-2H3. The molecule has 2 aliphatic rings. The summed E-state index contributed by atoms with van der Waals surface area (Å²) < 4.78 is 0. The molecule has 1 radical (unpaired) electrons. The Bertz CT molecular complexity index is 200. The maximum Gasteiger partial charge on any atom is 0.0543 e. The van der Waals surface area contributed by atoms with Gasteiger partial charge in [-0.05, 0) is 62.2 Å². The molecule has 2 aliphatic carbocycles. The topological polar surface area (TPSA) is 20.2 Å². The molecule has 0 saturated heterocycles. The van der Waals surface area contributed by atoms with Gasteiger partial charge >= 0.3 is 0 Å². The van der Waals surface area contributed by atoms with Crippen molar-refractivity contribution in [2.75, 3.05) is 0 Å². The van der Waals surface area contributed by atoms with Gasteiger partial charge in [0, 0.05) is 0 Å². The van der Waals surface area contributed by atoms with Gasteiger partial charge in [-0.3, -0.25) is 0 Å². The van der Waals surface area contributed by atoms with Crippen LogP contribution in [-0.2, 0) is 0 Å². The molecule has 0 aromatic rings. The van der Waals surface area contributed by atoms with Gasteiger partial charge < -0.3 is 5.11 Å². The second-order valence-corrected chi connectivity index (χ2v) is 6.08. The van der Waals surface area contributed by atoms with Crippen molar-refractivity contribution in [1.29, 1.82) is 0 Å². The summed E-state index contributed by atoms with van der Waals surface area (Å²) in [4.78, 5) is 0. The van der Waals surface area contributed by atoms with Gasteiger partial charge in [0.1, 0.15) is 0 Å². The SMILES string of the molecule is C[C](C)CC1CCC2CCC(O)CC2C1. The van der Waals surface area contributed by atoms with Crippen molar-refractivity contribution in [3.63, 3.8) is 0 Å². The van der Waals surface area contributed by atoms with Crippen LogP contribution in [-0.4, -0.2) is 11.2 Å². The molecular weight excluding hydrogens is 184 g/mol. The first-order valence-electron chi connectivity index (χ1n) is 6.62. The second kappa shape index (κ2) is 4.86. The number of fused-ring (bicyclic) bond motifs is 1. The predicted molar refractivity (Wildman–Crippen MR) is 63.4 cm³/mol. The fraction of sp³-hybridized carbons (Fsp3) is 0.929. The zero-order chi connectivity index (χ0) is 10.8. The lowest BCUT2D eigenvalue weighted by Crippen LogP contribution is -2.33. The largest absolute Gasteiger partial charge is 0.393 e. The molecule has 15 heavy (non-hydrogen) atoms. The van der Waals surface area contributed by atoms with Gasteiger partial charge in [-0.2, -0.15) is 0 Å². The maximum atomic E-state index is 9.71. The van der Waals surface area contributed by atoms with Crippen LogP contribution in [0.25, 0.3) is 0 Å². The molecule has 2 rings (SSSR count). The minimum Gasteiger partial charge on any atom is -0.393 e. The third-order valence-electron chi connectivity index (χ3n) is 4.39. The van der Waals surface area contributed by atoms with E-state index in [-0.39, 0.29) is 6.10 Å². The Kier molecular flexibility index (Phi) is 3.71. The van der Waals surface area contributed by atoms with E-state index in [9.17, 15) is 5.11 Å². The summed E-state index contributed by atoms with van der Waals surface area (Å²) in [5, 5.41) is 9.71. The van der Waals surface area contributed by atoms with Crippen LogP contribution >= 0.6 is 0 Å². The predicted octanol–water partition coefficient (Wildman–Crippen LogP) is 3.57. The van der Waals surface area contributed by atoms with Crippen molar-refractivity contribution >= 4 is 0 Å². The van der Waals surface area contributed by atoms with Gasteiger partial charge in [0.2, 0.25) is 0 Å². The Morgan fingerprint density at radius 1 is 1.00 bits per heavy atom. The third kappa shape index (κ3) is 2.96. The van der Waals surface area contributed by atoms with E-state index < -0.39 is 0 Å². The van der Waals surface area contributed by atoms with Crippen molar-refractivity contribution in [2.24, 2.45) is 17.8 Å².